The molecule has 2 N–H and O–H groups in total. The van der Waals surface area contributed by atoms with Crippen molar-refractivity contribution in [2.45, 2.75) is 46.0 Å². The molecule has 1 saturated heterocycles. The van der Waals surface area contributed by atoms with Crippen molar-refractivity contribution in [1.82, 2.24) is 20.0 Å². The number of rotatable bonds is 6. The summed E-state index contributed by atoms with van der Waals surface area (Å²) in [5.74, 6) is -5.24. The predicted octanol–water partition coefficient (Wildman–Crippen LogP) is 2.40. The number of hydrogen-bond donors (Lipinski definition) is 2. The number of unbranched alkanes of at least 4 members (excludes halogenated alkanes) is 1. The largest absolute Gasteiger partial charge is 0.481 e. The Labute approximate surface area is 149 Å². The lowest BCUT2D eigenvalue weighted by Crippen LogP contribution is -2.39. The highest BCUT2D eigenvalue weighted by atomic mass is 19.4. The number of likely N-dealkylation sites (tertiary alicyclic amines) is 1. The third-order valence-corrected chi connectivity index (χ3v) is 4.56. The molecule has 2 atom stereocenters. The van der Waals surface area contributed by atoms with Crippen LogP contribution in [-0.4, -0.2) is 51.1 Å². The van der Waals surface area contributed by atoms with Gasteiger partial charge >= 0.3 is 18.2 Å². The topological polar surface area (TPSA) is 87.5 Å². The van der Waals surface area contributed by atoms with Gasteiger partial charge in [0.2, 0.25) is 0 Å². The summed E-state index contributed by atoms with van der Waals surface area (Å²) in [5, 5.41) is 15.9. The number of amides is 2. The Morgan fingerprint density at radius 3 is 2.62 bits per heavy atom. The Morgan fingerprint density at radius 2 is 2.08 bits per heavy atom. The maximum absolute atomic E-state index is 13.0. The highest BCUT2D eigenvalue weighted by Crippen LogP contribution is 2.37. The van der Waals surface area contributed by atoms with Gasteiger partial charge in [-0.25, -0.2) is 4.79 Å². The Balaban J connectivity index is 1.96. The average Bonchev–Trinajstić information content (AvgIpc) is 3.14. The number of aliphatic carboxylic acids is 1. The first kappa shape index (κ1) is 20.1. The number of nitrogens with zero attached hydrogens (tertiary/aromatic N) is 3. The first-order valence-corrected chi connectivity index (χ1v) is 8.48. The number of alkyl halides is 3. The van der Waals surface area contributed by atoms with E-state index < -0.39 is 43.1 Å². The van der Waals surface area contributed by atoms with Crippen molar-refractivity contribution in [2.75, 3.05) is 13.1 Å². The van der Waals surface area contributed by atoms with Gasteiger partial charge in [-0.3, -0.25) is 9.48 Å². The molecule has 0 spiro atoms. The monoisotopic (exact) mass is 376 g/mol. The van der Waals surface area contributed by atoms with Gasteiger partial charge in [-0.15, -0.1) is 0 Å². The van der Waals surface area contributed by atoms with Gasteiger partial charge in [0, 0.05) is 37.9 Å². The Morgan fingerprint density at radius 1 is 1.38 bits per heavy atom. The second-order valence-corrected chi connectivity index (χ2v) is 6.51. The summed E-state index contributed by atoms with van der Waals surface area (Å²) in [4.78, 5) is 24.2. The molecule has 0 aliphatic carbocycles. The van der Waals surface area contributed by atoms with Crippen LogP contribution < -0.4 is 5.32 Å². The summed E-state index contributed by atoms with van der Waals surface area (Å²) in [5.41, 5.74) is 1.51. The maximum atomic E-state index is 13.0. The third kappa shape index (κ3) is 4.67. The minimum atomic E-state index is -4.66. The van der Waals surface area contributed by atoms with E-state index in [1.54, 1.807) is 17.8 Å². The van der Waals surface area contributed by atoms with Gasteiger partial charge in [-0.2, -0.15) is 18.3 Å². The molecule has 1 aliphatic heterocycles. The highest BCUT2D eigenvalue weighted by Gasteiger charge is 2.53. The summed E-state index contributed by atoms with van der Waals surface area (Å²) in [6.45, 7) is 3.62. The van der Waals surface area contributed by atoms with Gasteiger partial charge in [0.15, 0.2) is 0 Å². The van der Waals surface area contributed by atoms with Crippen LogP contribution in [0.3, 0.4) is 0 Å². The molecule has 0 aromatic carbocycles. The van der Waals surface area contributed by atoms with Gasteiger partial charge in [0.05, 0.1) is 17.5 Å². The van der Waals surface area contributed by atoms with E-state index in [0.29, 0.717) is 0 Å². The van der Waals surface area contributed by atoms with E-state index in [1.807, 2.05) is 0 Å². The van der Waals surface area contributed by atoms with Crippen molar-refractivity contribution in [1.29, 1.82) is 0 Å². The molecule has 1 aromatic heterocycles. The van der Waals surface area contributed by atoms with Gasteiger partial charge in [0.25, 0.3) is 0 Å². The van der Waals surface area contributed by atoms with Gasteiger partial charge < -0.3 is 15.3 Å². The first-order valence-electron chi connectivity index (χ1n) is 8.48. The number of carbonyl (C=O) groups is 2. The quantitative estimate of drug-likeness (QED) is 0.798. The zero-order valence-corrected chi connectivity index (χ0v) is 14.7. The molecule has 7 nitrogen and oxygen atoms in total. The van der Waals surface area contributed by atoms with Crippen LogP contribution in [0.4, 0.5) is 18.0 Å². The summed E-state index contributed by atoms with van der Waals surface area (Å²) < 4.78 is 40.7. The number of hydrogen-bond acceptors (Lipinski definition) is 3. The maximum Gasteiger partial charge on any atom is 0.394 e. The van der Waals surface area contributed by atoms with E-state index in [9.17, 15) is 22.8 Å². The Kier molecular flexibility index (Phi) is 6.14. The number of carboxylic acid groups (broad SMARTS) is 1. The zero-order valence-electron chi connectivity index (χ0n) is 14.7. The lowest BCUT2D eigenvalue weighted by atomic mass is 9.96. The van der Waals surface area contributed by atoms with Gasteiger partial charge in [0.1, 0.15) is 0 Å². The SMILES string of the molecule is CCCCn1cc(CNC(=O)N2C[C@@H](C(F)(F)F)[C@H](C(=O)O)C2)c(C)n1. The minimum absolute atomic E-state index is 0.127. The lowest BCUT2D eigenvalue weighted by Gasteiger charge is -2.18. The Hall–Kier alpha value is -2.26. The van der Waals surface area contributed by atoms with Crippen LogP contribution in [0.1, 0.15) is 31.0 Å². The normalized spacial score (nSPS) is 20.4. The van der Waals surface area contributed by atoms with Gasteiger partial charge in [-0.05, 0) is 13.3 Å². The molecule has 2 heterocycles. The second-order valence-electron chi connectivity index (χ2n) is 6.51. The summed E-state index contributed by atoms with van der Waals surface area (Å²) in [6.07, 6.45) is -0.871. The Bertz CT molecular complexity index is 660. The fourth-order valence-electron chi connectivity index (χ4n) is 3.00. The smallest absolute Gasteiger partial charge is 0.394 e. The molecule has 10 heteroatoms. The molecule has 1 aromatic rings. The van der Waals surface area contributed by atoms with E-state index in [4.69, 9.17) is 5.11 Å². The molecule has 1 fully saturated rings. The molecular formula is C16H23F3N4O3. The van der Waals surface area contributed by atoms with E-state index in [-0.39, 0.29) is 6.54 Å². The summed E-state index contributed by atoms with van der Waals surface area (Å²) in [7, 11) is 0. The van der Waals surface area contributed by atoms with Crippen LogP contribution in [-0.2, 0) is 17.9 Å². The molecule has 146 valence electrons. The highest BCUT2D eigenvalue weighted by molar-refractivity contribution is 5.77. The van der Waals surface area contributed by atoms with Gasteiger partial charge in [-0.1, -0.05) is 13.3 Å². The predicted molar refractivity (Wildman–Crippen MR) is 86.4 cm³/mol. The molecular weight excluding hydrogens is 353 g/mol. The fourth-order valence-corrected chi connectivity index (χ4v) is 3.00. The lowest BCUT2D eigenvalue weighted by molar-refractivity contribution is -0.187. The van der Waals surface area contributed by atoms with Crippen LogP contribution in [0.2, 0.25) is 0 Å². The van der Waals surface area contributed by atoms with E-state index in [0.717, 1.165) is 35.5 Å². The van der Waals surface area contributed by atoms with E-state index >= 15 is 0 Å². The minimum Gasteiger partial charge on any atom is -0.481 e. The third-order valence-electron chi connectivity index (χ3n) is 4.56. The number of aromatic nitrogens is 2. The summed E-state index contributed by atoms with van der Waals surface area (Å²) >= 11 is 0. The van der Waals surface area contributed by atoms with E-state index in [1.165, 1.54) is 0 Å². The fraction of sp³-hybridized carbons (Fsp3) is 0.688. The molecule has 0 radical (unpaired) electrons. The summed E-state index contributed by atoms with van der Waals surface area (Å²) in [6, 6.07) is -0.705. The molecule has 1 aliphatic rings. The van der Waals surface area contributed by atoms with Crippen LogP contribution in [0.15, 0.2) is 6.20 Å². The van der Waals surface area contributed by atoms with Crippen molar-refractivity contribution in [3.05, 3.63) is 17.5 Å². The van der Waals surface area contributed by atoms with Crippen LogP contribution in [0.25, 0.3) is 0 Å². The number of nitrogens with one attached hydrogen (secondary N) is 1. The number of halogens is 3. The molecule has 2 rings (SSSR count). The van der Waals surface area contributed by atoms with Crippen molar-refractivity contribution < 1.29 is 27.9 Å². The van der Waals surface area contributed by atoms with Crippen LogP contribution in [0, 0.1) is 18.8 Å². The zero-order chi connectivity index (χ0) is 19.5. The van der Waals surface area contributed by atoms with Crippen molar-refractivity contribution in [2.24, 2.45) is 11.8 Å². The number of urea groups is 1. The van der Waals surface area contributed by atoms with Crippen molar-refractivity contribution >= 4 is 12.0 Å². The second kappa shape index (κ2) is 7.96. The number of carboxylic acids is 1. The van der Waals surface area contributed by atoms with Crippen molar-refractivity contribution in [3.63, 3.8) is 0 Å². The van der Waals surface area contributed by atoms with Crippen LogP contribution in [0.5, 0.6) is 0 Å². The van der Waals surface area contributed by atoms with E-state index in [2.05, 4.69) is 17.3 Å². The molecule has 0 bridgehead atoms. The first-order chi connectivity index (χ1) is 12.1. The molecule has 2 amide bonds. The molecule has 0 unspecified atom stereocenters. The molecule has 0 saturated carbocycles. The number of carbonyl (C=O) groups excluding carboxylic acids is 1. The van der Waals surface area contributed by atoms with Crippen molar-refractivity contribution in [3.8, 4) is 0 Å². The molecule has 26 heavy (non-hydrogen) atoms. The average molecular weight is 376 g/mol. The van der Waals surface area contributed by atoms with Crippen LogP contribution >= 0.6 is 0 Å². The number of aryl methyl sites for hydroxylation is 2. The standard InChI is InChI=1S/C16H23F3N4O3/c1-3-4-5-23-7-11(10(2)21-23)6-20-15(26)22-8-12(14(24)25)13(9-22)16(17,18)19/h7,12-13H,3-6,8-9H2,1-2H3,(H,20,26)(H,24,25)/t12-,13-/m1/s1.